The number of H-pyrrole nitrogens is 2. The van der Waals surface area contributed by atoms with Crippen molar-refractivity contribution >= 4 is 70.2 Å². The Kier molecular flexibility index (Phi) is 18.0. The van der Waals surface area contributed by atoms with E-state index in [0.717, 1.165) is 64.1 Å². The van der Waals surface area contributed by atoms with Crippen molar-refractivity contribution in [2.24, 2.45) is 0 Å². The van der Waals surface area contributed by atoms with Crippen molar-refractivity contribution in [3.8, 4) is 50.3 Å². The van der Waals surface area contributed by atoms with Gasteiger partial charge < -0.3 is 38.4 Å². The van der Waals surface area contributed by atoms with Crippen LogP contribution in [0.5, 0.6) is 5.75 Å². The zero-order valence-electron chi connectivity index (χ0n) is 49.0. The van der Waals surface area contributed by atoms with E-state index in [9.17, 15) is 98.2 Å². The van der Waals surface area contributed by atoms with E-state index in [1.165, 1.54) is 36.4 Å². The summed E-state index contributed by atoms with van der Waals surface area (Å²) in [6.07, 6.45) is -37.3. The lowest BCUT2D eigenvalue weighted by Crippen LogP contribution is -2.63. The Labute approximate surface area is 527 Å². The number of aromatic amines is 2. The predicted octanol–water partition coefficient (Wildman–Crippen LogP) is 16.9. The van der Waals surface area contributed by atoms with Crippen LogP contribution in [0.2, 0.25) is 0 Å². The van der Waals surface area contributed by atoms with Crippen molar-refractivity contribution in [1.82, 2.24) is 19.9 Å². The molecule has 10 rings (SSSR count). The van der Waals surface area contributed by atoms with Gasteiger partial charge in [0.1, 0.15) is 18.5 Å². The summed E-state index contributed by atoms with van der Waals surface area (Å²) in [6, 6.07) is 10.2. The molecule has 0 spiro atoms. The van der Waals surface area contributed by atoms with Gasteiger partial charge in [-0.3, -0.25) is 19.2 Å². The summed E-state index contributed by atoms with van der Waals surface area (Å²) >= 11 is 0. The Morgan fingerprint density at radius 1 is 0.385 bits per heavy atom. The van der Waals surface area contributed by atoms with Crippen LogP contribution in [0, 0.1) is 0 Å². The number of rotatable bonds is 11. The van der Waals surface area contributed by atoms with Crippen molar-refractivity contribution in [3.05, 3.63) is 159 Å². The average molecular weight is 1370 g/mol. The van der Waals surface area contributed by atoms with Crippen LogP contribution in [0.15, 0.2) is 103 Å². The molecule has 4 aromatic carbocycles. The molecule has 8 bridgehead atoms. The fourth-order valence-electron chi connectivity index (χ4n) is 10.8. The number of hydrogen-bond donors (Lipinski definition) is 2. The van der Waals surface area contributed by atoms with Crippen molar-refractivity contribution < 1.29 is 127 Å². The summed E-state index contributed by atoms with van der Waals surface area (Å²) in [6.45, 7) is 3.23. The number of nitrogens with zero attached hydrogens (tertiary/aromatic N) is 2. The van der Waals surface area contributed by atoms with E-state index in [0.29, 0.717) is 24.3 Å². The Hall–Kier alpha value is -10.1. The molecule has 0 aliphatic carbocycles. The molecule has 2 N–H and O–H groups in total. The van der Waals surface area contributed by atoms with Crippen molar-refractivity contribution in [2.45, 2.75) is 95.5 Å². The molecule has 3 aliphatic heterocycles. The average Bonchev–Trinajstić information content (AvgIpc) is 1.45. The number of nitrogens with one attached hydrogen (secondary N) is 2. The molecule has 0 saturated carbocycles. The molecule has 7 aromatic rings. The summed E-state index contributed by atoms with van der Waals surface area (Å²) in [4.78, 5) is 64.1. The van der Waals surface area contributed by atoms with Gasteiger partial charge in [-0.15, -0.1) is 0 Å². The lowest BCUT2D eigenvalue weighted by atomic mass is 9.97. The summed E-state index contributed by atoms with van der Waals surface area (Å²) in [5.41, 5.74) is -19.8. The van der Waals surface area contributed by atoms with E-state index >= 15 is 0 Å². The topological polar surface area (TPSA) is 181 Å². The minimum absolute atomic E-state index is 0.0115. The highest BCUT2D eigenvalue weighted by Gasteiger charge is 2.54. The maximum Gasteiger partial charge on any atom is 0.416 e. The zero-order chi connectivity index (χ0) is 70.1. The van der Waals surface area contributed by atoms with Gasteiger partial charge in [-0.05, 0) is 138 Å². The van der Waals surface area contributed by atoms with Crippen molar-refractivity contribution in [2.75, 3.05) is 6.61 Å². The molecule has 6 heterocycles. The Morgan fingerprint density at radius 3 is 0.969 bits per heavy atom. The van der Waals surface area contributed by atoms with Crippen molar-refractivity contribution in [3.63, 3.8) is 0 Å². The van der Waals surface area contributed by atoms with E-state index in [1.807, 2.05) is 0 Å². The van der Waals surface area contributed by atoms with Gasteiger partial charge >= 0.3 is 60.9 Å². The van der Waals surface area contributed by atoms with Crippen LogP contribution >= 0.6 is 0 Å². The molecule has 1 fully saturated rings. The summed E-state index contributed by atoms with van der Waals surface area (Å²) < 4.78 is 298. The Bertz CT molecular complexity index is 4330. The summed E-state index contributed by atoms with van der Waals surface area (Å²) in [7, 11) is 0. The molecular weight excluding hydrogens is 1330 g/mol. The number of aromatic nitrogens is 4. The predicted molar refractivity (Wildman–Crippen MR) is 303 cm³/mol. The monoisotopic (exact) mass is 1370 g/mol. The standard InChI is InChI=1S/C64H42F18N4O10/c1-27(87)91-26-50-55(92-28(2)88)56(93-29(3)89)57(94-30(4)90)58(96-50)95-41-7-5-31(6-8-41)51-42-9-11-44(83-42)52(32-17-35(59(65,66)67)23-36(18-32)60(68,69)70)46-13-15-48(85-46)54(34-21-39(63(77,78)79)25-40(22-34)64(80,81)82)49-16-14-47(86-49)53(45-12-10-43(51)84-45)33-19-37(61(71,72)73)24-38(20-33)62(74,75)76/h5-25,50,55-58,83,86H,26H2,1-4H3/t50?,55-,56?,57?,58-/m1/s1. The van der Waals surface area contributed by atoms with Gasteiger partial charge in [0.25, 0.3) is 0 Å². The third kappa shape index (κ3) is 14.9. The van der Waals surface area contributed by atoms with Gasteiger partial charge in [-0.1, -0.05) is 12.1 Å². The number of ether oxygens (including phenoxy) is 6. The molecule has 3 aliphatic rings. The van der Waals surface area contributed by atoms with Crippen LogP contribution < -0.4 is 4.74 Å². The van der Waals surface area contributed by atoms with Gasteiger partial charge in [0.15, 0.2) is 12.2 Å². The smallest absolute Gasteiger partial charge is 0.416 e. The van der Waals surface area contributed by atoms with Crippen LogP contribution in [-0.4, -0.2) is 81.1 Å². The highest BCUT2D eigenvalue weighted by molar-refractivity contribution is 6.00. The van der Waals surface area contributed by atoms with Crippen LogP contribution in [-0.2, 0) is 79.9 Å². The van der Waals surface area contributed by atoms with Gasteiger partial charge in [-0.25, -0.2) is 9.97 Å². The Balaban J connectivity index is 1.30. The number of carbonyl (C=O) groups is 4. The number of halogens is 18. The second-order valence-corrected chi connectivity index (χ2v) is 21.6. The molecule has 96 heavy (non-hydrogen) atoms. The van der Waals surface area contributed by atoms with E-state index < -0.39 is 199 Å². The normalized spacial score (nSPS) is 17.7. The molecule has 0 amide bonds. The number of benzene rings is 4. The highest BCUT2D eigenvalue weighted by atomic mass is 19.4. The number of alkyl halides is 18. The molecule has 0 radical (unpaired) electrons. The number of esters is 4. The molecule has 32 heteroatoms. The first kappa shape index (κ1) is 68.7. The molecule has 5 atom stereocenters. The van der Waals surface area contributed by atoms with Crippen LogP contribution in [0.3, 0.4) is 0 Å². The van der Waals surface area contributed by atoms with Crippen LogP contribution in [0.25, 0.3) is 90.9 Å². The second kappa shape index (κ2) is 25.2. The first-order valence-corrected chi connectivity index (χ1v) is 27.7. The fraction of sp³-hybridized carbons (Fsp3) is 0.250. The maximum atomic E-state index is 14.7. The van der Waals surface area contributed by atoms with E-state index in [1.54, 1.807) is 0 Å². The third-order valence-electron chi connectivity index (χ3n) is 14.7. The number of fused-ring (bicyclic) bond motifs is 8. The highest BCUT2D eigenvalue weighted by Crippen LogP contribution is 2.47. The molecule has 3 unspecified atom stereocenters. The van der Waals surface area contributed by atoms with E-state index in [4.69, 9.17) is 28.4 Å². The third-order valence-corrected chi connectivity index (χ3v) is 14.7. The molecule has 504 valence electrons. The van der Waals surface area contributed by atoms with Crippen LogP contribution in [0.1, 0.15) is 83.9 Å². The fourth-order valence-corrected chi connectivity index (χ4v) is 10.8. The van der Waals surface area contributed by atoms with Crippen molar-refractivity contribution in [1.29, 1.82) is 0 Å². The maximum absolute atomic E-state index is 14.7. The van der Waals surface area contributed by atoms with E-state index in [-0.39, 0.29) is 58.4 Å². The largest absolute Gasteiger partial charge is 0.463 e. The zero-order valence-corrected chi connectivity index (χ0v) is 49.0. The van der Waals surface area contributed by atoms with Gasteiger partial charge in [0.05, 0.1) is 56.2 Å². The van der Waals surface area contributed by atoms with Gasteiger partial charge in [-0.2, -0.15) is 79.0 Å². The van der Waals surface area contributed by atoms with Crippen LogP contribution in [0.4, 0.5) is 79.0 Å². The number of hydrogen-bond acceptors (Lipinski definition) is 12. The lowest BCUT2D eigenvalue weighted by molar-refractivity contribution is -0.288. The minimum atomic E-state index is -5.53. The molecular formula is C64H42F18N4O10. The number of carbonyl (C=O) groups excluding carboxylic acids is 4. The van der Waals surface area contributed by atoms with E-state index in [2.05, 4.69) is 19.9 Å². The summed E-state index contributed by atoms with van der Waals surface area (Å²) in [5, 5.41) is 0. The lowest BCUT2D eigenvalue weighted by Gasteiger charge is -2.43. The second-order valence-electron chi connectivity index (χ2n) is 21.6. The summed E-state index contributed by atoms with van der Waals surface area (Å²) in [5.74, 6) is -4.01. The molecule has 14 nitrogen and oxygen atoms in total. The Morgan fingerprint density at radius 2 is 0.677 bits per heavy atom. The SMILES string of the molecule is CC(=O)OCC1O[C@@H](Oc2ccc(-c3c4nc(c(-c5cc(C(F)(F)F)cc(C(F)(F)F)c5)c5ccc([nH]5)c(-c5cc(C(F)(F)F)cc(C(F)(F)F)c5)c5nc(c(-c6cc(C(F)(F)F)cc(C(F)(F)F)c6)c6ccc3[nH]6)C=C5)C=C4)cc2)C(OC(C)=O)C(OC(C)=O)[C@@H]1OC(C)=O. The first-order valence-electron chi connectivity index (χ1n) is 27.7. The quantitative estimate of drug-likeness (QED) is 0.0712. The molecule has 1 saturated heterocycles. The minimum Gasteiger partial charge on any atom is -0.463 e. The van der Waals surface area contributed by atoms with Gasteiger partial charge in [0, 0.05) is 72.0 Å². The first-order chi connectivity index (χ1) is 44.6. The van der Waals surface area contributed by atoms with Gasteiger partial charge in [0.2, 0.25) is 12.4 Å². The molecule has 3 aromatic heterocycles.